The van der Waals surface area contributed by atoms with Gasteiger partial charge in [0.25, 0.3) is 0 Å². The van der Waals surface area contributed by atoms with Crippen molar-refractivity contribution in [3.63, 3.8) is 0 Å². The van der Waals surface area contributed by atoms with Crippen LogP contribution in [0.2, 0.25) is 0 Å². The van der Waals surface area contributed by atoms with Crippen LogP contribution in [0.3, 0.4) is 0 Å². The lowest BCUT2D eigenvalue weighted by Gasteiger charge is -2.27. The van der Waals surface area contributed by atoms with Crippen molar-refractivity contribution in [2.24, 2.45) is 5.10 Å². The van der Waals surface area contributed by atoms with Gasteiger partial charge >= 0.3 is 0 Å². The number of benzene rings is 2. The first-order valence-corrected chi connectivity index (χ1v) is 8.06. The number of ketones is 2. The van der Waals surface area contributed by atoms with Crippen molar-refractivity contribution in [2.45, 2.75) is 0 Å². The van der Waals surface area contributed by atoms with E-state index >= 15 is 0 Å². The van der Waals surface area contributed by atoms with E-state index in [-0.39, 0.29) is 27.5 Å². The Kier molecular flexibility index (Phi) is 3.71. The predicted octanol–water partition coefficient (Wildman–Crippen LogP) is 3.24. The molecule has 0 saturated heterocycles. The molecule has 6 nitrogen and oxygen atoms in total. The molecule has 8 heteroatoms. The molecule has 2 N–H and O–H groups in total. The topological polar surface area (TPSA) is 73.8 Å². The Morgan fingerprint density at radius 3 is 2.32 bits per heavy atom. The number of hydrazine groups is 2. The fourth-order valence-electron chi connectivity index (χ4n) is 2.79. The molecule has 0 fully saturated rings. The number of nitrogens with one attached hydrogen (secondary N) is 2. The first-order valence-electron chi connectivity index (χ1n) is 7.31. The molecule has 4 rings (SSSR count). The van der Waals surface area contributed by atoms with Crippen LogP contribution in [0.25, 0.3) is 0 Å². The highest BCUT2D eigenvalue weighted by molar-refractivity contribution is 6.69. The first kappa shape index (κ1) is 15.7. The quantitative estimate of drug-likeness (QED) is 0.675. The van der Waals surface area contributed by atoms with Gasteiger partial charge in [-0.15, -0.1) is 10.3 Å². The molecule has 1 aliphatic heterocycles. The van der Waals surface area contributed by atoms with E-state index in [4.69, 9.17) is 23.2 Å². The SMILES string of the molecule is O=C1c2ccccc2C(=O)c2c(NN3N=C(Cl)C=C(Cl)N3)cccc21. The number of rotatable bonds is 2. The standard InChI is InChI=1S/C17H10Cl2N4O2/c18-13-8-14(19)22-23(21-13)20-12-7-3-6-11-15(12)17(25)10-5-2-1-4-9(10)16(11)24/h1-8,20-21H. The van der Waals surface area contributed by atoms with Gasteiger partial charge in [0, 0.05) is 22.8 Å². The highest BCUT2D eigenvalue weighted by Crippen LogP contribution is 2.32. The molecule has 1 aliphatic carbocycles. The van der Waals surface area contributed by atoms with E-state index in [2.05, 4.69) is 16.0 Å². The van der Waals surface area contributed by atoms with Gasteiger partial charge in [0.1, 0.15) is 5.16 Å². The number of halogens is 2. The molecule has 2 aromatic rings. The normalized spacial score (nSPS) is 15.7. The number of allylic oxidation sites excluding steroid dienone is 1. The second-order valence-corrected chi connectivity index (χ2v) is 6.18. The minimum Gasteiger partial charge on any atom is -0.289 e. The van der Waals surface area contributed by atoms with E-state index < -0.39 is 0 Å². The number of fused-ring (bicyclic) bond motifs is 2. The number of anilines is 1. The molecule has 1 heterocycles. The number of hydrazone groups is 1. The summed E-state index contributed by atoms with van der Waals surface area (Å²) >= 11 is 11.8. The van der Waals surface area contributed by atoms with Crippen molar-refractivity contribution in [1.82, 2.24) is 10.7 Å². The van der Waals surface area contributed by atoms with E-state index in [0.717, 1.165) is 0 Å². The summed E-state index contributed by atoms with van der Waals surface area (Å²) in [6.07, 6.45) is 1.44. The van der Waals surface area contributed by atoms with Gasteiger partial charge < -0.3 is 0 Å². The number of hydrogen-bond acceptors (Lipinski definition) is 6. The van der Waals surface area contributed by atoms with Crippen LogP contribution in [0, 0.1) is 0 Å². The van der Waals surface area contributed by atoms with E-state index in [0.29, 0.717) is 22.4 Å². The van der Waals surface area contributed by atoms with Gasteiger partial charge in [0.05, 0.1) is 11.3 Å². The molecule has 124 valence electrons. The molecule has 0 spiro atoms. The number of nitrogens with zero attached hydrogens (tertiary/aromatic N) is 2. The average Bonchev–Trinajstić information content (AvgIpc) is 2.59. The van der Waals surface area contributed by atoms with Crippen LogP contribution in [-0.4, -0.2) is 22.0 Å². The van der Waals surface area contributed by atoms with Crippen LogP contribution in [0.5, 0.6) is 0 Å². The van der Waals surface area contributed by atoms with Gasteiger partial charge in [-0.05, 0) is 6.07 Å². The zero-order valence-electron chi connectivity index (χ0n) is 12.6. The predicted molar refractivity (Wildman–Crippen MR) is 95.6 cm³/mol. The summed E-state index contributed by atoms with van der Waals surface area (Å²) in [5, 5.41) is 5.60. The molecule has 0 unspecified atom stereocenters. The summed E-state index contributed by atoms with van der Waals surface area (Å²) in [5.41, 5.74) is 7.44. The monoisotopic (exact) mass is 372 g/mol. The summed E-state index contributed by atoms with van der Waals surface area (Å²) < 4.78 is 0. The lowest BCUT2D eigenvalue weighted by Crippen LogP contribution is -2.40. The third-order valence-corrected chi connectivity index (χ3v) is 4.21. The van der Waals surface area contributed by atoms with Crippen molar-refractivity contribution in [1.29, 1.82) is 0 Å². The van der Waals surface area contributed by atoms with Crippen LogP contribution >= 0.6 is 23.2 Å². The average molecular weight is 373 g/mol. The van der Waals surface area contributed by atoms with Crippen LogP contribution in [0.15, 0.2) is 58.8 Å². The van der Waals surface area contributed by atoms with E-state index in [9.17, 15) is 9.59 Å². The molecule has 0 aromatic heterocycles. The van der Waals surface area contributed by atoms with E-state index in [1.54, 1.807) is 42.5 Å². The number of carbonyl (C=O) groups is 2. The summed E-state index contributed by atoms with van der Waals surface area (Å²) in [6.45, 7) is 0. The molecule has 0 atom stereocenters. The van der Waals surface area contributed by atoms with Crippen LogP contribution < -0.4 is 10.9 Å². The second-order valence-electron chi connectivity index (χ2n) is 5.38. The Morgan fingerprint density at radius 1 is 0.920 bits per heavy atom. The zero-order chi connectivity index (χ0) is 17.6. The second kappa shape index (κ2) is 5.91. The lowest BCUT2D eigenvalue weighted by molar-refractivity contribution is 0.0979. The molecular formula is C17H10Cl2N4O2. The van der Waals surface area contributed by atoms with Crippen molar-refractivity contribution in [3.05, 3.63) is 76.0 Å². The maximum Gasteiger partial charge on any atom is 0.196 e. The molecular weight excluding hydrogens is 363 g/mol. The highest BCUT2D eigenvalue weighted by Gasteiger charge is 2.31. The lowest BCUT2D eigenvalue weighted by atomic mass is 9.83. The van der Waals surface area contributed by atoms with Crippen LogP contribution in [-0.2, 0) is 0 Å². The largest absolute Gasteiger partial charge is 0.289 e. The van der Waals surface area contributed by atoms with E-state index in [1.807, 2.05) is 0 Å². The number of carbonyl (C=O) groups excluding carboxylic acids is 2. The highest BCUT2D eigenvalue weighted by atomic mass is 35.5. The van der Waals surface area contributed by atoms with Gasteiger partial charge in [0.2, 0.25) is 0 Å². The molecule has 0 bridgehead atoms. The van der Waals surface area contributed by atoms with Gasteiger partial charge in [-0.2, -0.15) is 0 Å². The van der Waals surface area contributed by atoms with Crippen LogP contribution in [0.1, 0.15) is 31.8 Å². The maximum atomic E-state index is 12.9. The molecule has 25 heavy (non-hydrogen) atoms. The van der Waals surface area contributed by atoms with Gasteiger partial charge in [-0.25, -0.2) is 0 Å². The summed E-state index contributed by atoms with van der Waals surface area (Å²) in [5.74, 6) is -0.429. The Balaban J connectivity index is 1.77. The fourth-order valence-corrected chi connectivity index (χ4v) is 3.22. The van der Waals surface area contributed by atoms with E-state index in [1.165, 1.54) is 11.3 Å². The minimum absolute atomic E-state index is 0.161. The Bertz CT molecular complexity index is 984. The third kappa shape index (κ3) is 2.65. The summed E-state index contributed by atoms with van der Waals surface area (Å²) in [7, 11) is 0. The molecule has 0 saturated carbocycles. The summed E-state index contributed by atoms with van der Waals surface area (Å²) in [4.78, 5) is 25.6. The molecule has 0 amide bonds. The third-order valence-electron chi connectivity index (χ3n) is 3.83. The first-order chi connectivity index (χ1) is 12.0. The molecule has 2 aromatic carbocycles. The maximum absolute atomic E-state index is 12.9. The van der Waals surface area contributed by atoms with Gasteiger partial charge in [0.15, 0.2) is 16.7 Å². The fraction of sp³-hybridized carbons (Fsp3) is 0. The van der Waals surface area contributed by atoms with Crippen LogP contribution in [0.4, 0.5) is 5.69 Å². The van der Waals surface area contributed by atoms with Gasteiger partial charge in [-0.1, -0.05) is 59.6 Å². The Labute approximate surface area is 152 Å². The van der Waals surface area contributed by atoms with Crippen molar-refractivity contribution in [3.8, 4) is 0 Å². The van der Waals surface area contributed by atoms with Crippen molar-refractivity contribution < 1.29 is 9.59 Å². The molecule has 0 radical (unpaired) electrons. The summed E-state index contributed by atoms with van der Waals surface area (Å²) in [6, 6.07) is 11.7. The van der Waals surface area contributed by atoms with Crippen molar-refractivity contribution >= 4 is 45.6 Å². The minimum atomic E-state index is -0.234. The zero-order valence-corrected chi connectivity index (χ0v) is 14.1. The Morgan fingerprint density at radius 2 is 1.60 bits per heavy atom. The molecule has 2 aliphatic rings. The van der Waals surface area contributed by atoms with Crippen molar-refractivity contribution in [2.75, 3.05) is 5.43 Å². The number of hydrogen-bond donors (Lipinski definition) is 2. The Hall–Kier alpha value is -2.83. The smallest absolute Gasteiger partial charge is 0.196 e. The van der Waals surface area contributed by atoms with Gasteiger partial charge in [-0.3, -0.25) is 20.4 Å².